The van der Waals surface area contributed by atoms with E-state index in [2.05, 4.69) is 22.1 Å². The van der Waals surface area contributed by atoms with Crippen molar-refractivity contribution < 1.29 is 4.79 Å². The molecule has 1 fully saturated rings. The second-order valence-corrected chi connectivity index (χ2v) is 7.86. The van der Waals surface area contributed by atoms with Crippen LogP contribution in [0.1, 0.15) is 12.0 Å². The van der Waals surface area contributed by atoms with Crippen molar-refractivity contribution in [3.8, 4) is 0 Å². The van der Waals surface area contributed by atoms with Gasteiger partial charge in [-0.1, -0.05) is 47.5 Å². The average molecular weight is 417 g/mol. The van der Waals surface area contributed by atoms with E-state index in [1.807, 2.05) is 46.0 Å². The molecule has 4 rings (SSSR count). The van der Waals surface area contributed by atoms with Crippen molar-refractivity contribution in [2.45, 2.75) is 19.5 Å². The van der Waals surface area contributed by atoms with E-state index in [1.165, 1.54) is 5.56 Å². The van der Waals surface area contributed by atoms with Crippen molar-refractivity contribution in [3.05, 3.63) is 64.3 Å². The third kappa shape index (κ3) is 4.32. The van der Waals surface area contributed by atoms with Gasteiger partial charge in [0.05, 0.1) is 12.1 Å². The normalized spacial score (nSPS) is 15.3. The monoisotopic (exact) mass is 416 g/mol. The number of hydrogen-bond acceptors (Lipinski definition) is 3. The van der Waals surface area contributed by atoms with E-state index < -0.39 is 0 Å². The average Bonchev–Trinajstić information content (AvgIpc) is 3.04. The van der Waals surface area contributed by atoms with E-state index in [4.69, 9.17) is 23.2 Å². The third-order valence-corrected chi connectivity index (χ3v) is 5.73. The molecule has 0 atom stereocenters. The summed E-state index contributed by atoms with van der Waals surface area (Å²) in [6.07, 6.45) is 0.430. The van der Waals surface area contributed by atoms with Gasteiger partial charge in [-0.25, -0.2) is 0 Å². The summed E-state index contributed by atoms with van der Waals surface area (Å²) >= 11 is 12.1. The molecule has 0 aliphatic carbocycles. The first-order valence-corrected chi connectivity index (χ1v) is 10.2. The SMILES string of the molecule is O=C(CCn1nc(Cl)c2ccccc21)N1CCN(Cc2ccc(Cl)cc2)CC1. The van der Waals surface area contributed by atoms with Crippen molar-refractivity contribution >= 4 is 40.0 Å². The number of piperazine rings is 1. The number of hydrogen-bond donors (Lipinski definition) is 0. The van der Waals surface area contributed by atoms with Crippen LogP contribution in [-0.4, -0.2) is 51.7 Å². The number of halogens is 2. The molecule has 1 aliphatic heterocycles. The standard InChI is InChI=1S/C21H22Cl2N4O/c22-17-7-5-16(6-8-17)15-25-11-13-26(14-12-25)20(28)9-10-27-19-4-2-1-3-18(19)21(23)24-27/h1-8H,9-15H2. The molecule has 0 unspecified atom stereocenters. The Balaban J connectivity index is 1.28. The maximum atomic E-state index is 12.6. The number of amides is 1. The van der Waals surface area contributed by atoms with Gasteiger partial charge in [0, 0.05) is 49.6 Å². The molecule has 1 aromatic heterocycles. The fourth-order valence-corrected chi connectivity index (χ4v) is 4.00. The van der Waals surface area contributed by atoms with Crippen LogP contribution < -0.4 is 0 Å². The highest BCUT2D eigenvalue weighted by Crippen LogP contribution is 2.22. The molecule has 1 amide bonds. The van der Waals surface area contributed by atoms with Crippen LogP contribution >= 0.6 is 23.2 Å². The maximum Gasteiger partial charge on any atom is 0.224 e. The van der Waals surface area contributed by atoms with Crippen LogP contribution in [0.3, 0.4) is 0 Å². The Morgan fingerprint density at radius 1 is 0.964 bits per heavy atom. The molecular weight excluding hydrogens is 395 g/mol. The second-order valence-electron chi connectivity index (χ2n) is 7.06. The van der Waals surface area contributed by atoms with Crippen LogP contribution in [0.2, 0.25) is 10.2 Å². The van der Waals surface area contributed by atoms with Gasteiger partial charge in [0.2, 0.25) is 5.91 Å². The van der Waals surface area contributed by atoms with E-state index in [0.717, 1.165) is 48.6 Å². The first-order valence-electron chi connectivity index (χ1n) is 9.46. The molecule has 2 aromatic carbocycles. The van der Waals surface area contributed by atoms with Crippen LogP contribution in [0.15, 0.2) is 48.5 Å². The first-order chi connectivity index (χ1) is 13.6. The predicted octanol–water partition coefficient (Wildman–Crippen LogP) is 4.08. The highest BCUT2D eigenvalue weighted by atomic mass is 35.5. The van der Waals surface area contributed by atoms with Crippen LogP contribution in [0, 0.1) is 0 Å². The van der Waals surface area contributed by atoms with E-state index in [0.29, 0.717) is 18.1 Å². The van der Waals surface area contributed by atoms with Gasteiger partial charge in [-0.15, -0.1) is 0 Å². The lowest BCUT2D eigenvalue weighted by Gasteiger charge is -2.34. The maximum absolute atomic E-state index is 12.6. The number of para-hydroxylation sites is 1. The van der Waals surface area contributed by atoms with Crippen molar-refractivity contribution in [2.24, 2.45) is 0 Å². The van der Waals surface area contributed by atoms with E-state index in [9.17, 15) is 4.79 Å². The number of carbonyl (C=O) groups is 1. The highest BCUT2D eigenvalue weighted by Gasteiger charge is 2.21. The van der Waals surface area contributed by atoms with Crippen molar-refractivity contribution in [1.29, 1.82) is 0 Å². The fraction of sp³-hybridized carbons (Fsp3) is 0.333. The minimum Gasteiger partial charge on any atom is -0.340 e. The van der Waals surface area contributed by atoms with E-state index in [1.54, 1.807) is 0 Å². The summed E-state index contributed by atoms with van der Waals surface area (Å²) in [5.41, 5.74) is 2.21. The molecule has 0 spiro atoms. The van der Waals surface area contributed by atoms with Gasteiger partial charge in [-0.3, -0.25) is 14.4 Å². The molecule has 0 saturated carbocycles. The molecule has 0 bridgehead atoms. The van der Waals surface area contributed by atoms with Crippen LogP contribution in [0.5, 0.6) is 0 Å². The van der Waals surface area contributed by atoms with Gasteiger partial charge in [-0.05, 0) is 29.8 Å². The number of aromatic nitrogens is 2. The summed E-state index contributed by atoms with van der Waals surface area (Å²) in [4.78, 5) is 17.0. The minimum absolute atomic E-state index is 0.168. The quantitative estimate of drug-likeness (QED) is 0.628. The molecule has 0 N–H and O–H groups in total. The minimum atomic E-state index is 0.168. The largest absolute Gasteiger partial charge is 0.340 e. The van der Waals surface area contributed by atoms with Gasteiger partial charge < -0.3 is 4.90 Å². The Labute approximate surface area is 174 Å². The van der Waals surface area contributed by atoms with Crippen LogP contribution in [0.4, 0.5) is 0 Å². The van der Waals surface area contributed by atoms with Crippen molar-refractivity contribution in [1.82, 2.24) is 19.6 Å². The summed E-state index contributed by atoms with van der Waals surface area (Å²) in [6, 6.07) is 15.8. The summed E-state index contributed by atoms with van der Waals surface area (Å²) in [6.45, 7) is 4.70. The Hall–Kier alpha value is -2.08. The molecule has 7 heteroatoms. The number of rotatable bonds is 5. The van der Waals surface area contributed by atoms with Crippen LogP contribution in [0.25, 0.3) is 10.9 Å². The molecule has 3 aromatic rings. The number of nitrogens with zero attached hydrogens (tertiary/aromatic N) is 4. The van der Waals surface area contributed by atoms with Gasteiger partial charge in [0.15, 0.2) is 5.15 Å². The summed E-state index contributed by atoms with van der Waals surface area (Å²) in [5.74, 6) is 0.168. The zero-order chi connectivity index (χ0) is 19.5. The predicted molar refractivity (Wildman–Crippen MR) is 113 cm³/mol. The molecule has 0 radical (unpaired) electrons. The molecular formula is C21H22Cl2N4O. The van der Waals surface area contributed by atoms with Gasteiger partial charge in [-0.2, -0.15) is 5.10 Å². The Kier molecular flexibility index (Phi) is 5.85. The van der Waals surface area contributed by atoms with E-state index >= 15 is 0 Å². The second kappa shape index (κ2) is 8.52. The Morgan fingerprint density at radius 2 is 1.68 bits per heavy atom. The Bertz CT molecular complexity index is 962. The summed E-state index contributed by atoms with van der Waals surface area (Å²) < 4.78 is 1.83. The number of carbonyl (C=O) groups excluding carboxylic acids is 1. The molecule has 2 heterocycles. The number of benzene rings is 2. The highest BCUT2D eigenvalue weighted by molar-refractivity contribution is 6.34. The first kappa shape index (κ1) is 19.2. The molecule has 1 aliphatic rings. The molecule has 1 saturated heterocycles. The molecule has 28 heavy (non-hydrogen) atoms. The number of fused-ring (bicyclic) bond motifs is 1. The van der Waals surface area contributed by atoms with Crippen LogP contribution in [-0.2, 0) is 17.9 Å². The lowest BCUT2D eigenvalue weighted by Crippen LogP contribution is -2.48. The lowest BCUT2D eigenvalue weighted by atomic mass is 10.2. The third-order valence-electron chi connectivity index (χ3n) is 5.19. The van der Waals surface area contributed by atoms with Gasteiger partial charge in [0.1, 0.15) is 0 Å². The smallest absolute Gasteiger partial charge is 0.224 e. The molecule has 5 nitrogen and oxygen atoms in total. The summed E-state index contributed by atoms with van der Waals surface area (Å²) in [7, 11) is 0. The van der Waals surface area contributed by atoms with Gasteiger partial charge in [0.25, 0.3) is 0 Å². The van der Waals surface area contributed by atoms with Gasteiger partial charge >= 0.3 is 0 Å². The topological polar surface area (TPSA) is 41.4 Å². The fourth-order valence-electron chi connectivity index (χ4n) is 3.62. The van der Waals surface area contributed by atoms with Crippen molar-refractivity contribution in [3.63, 3.8) is 0 Å². The zero-order valence-corrected chi connectivity index (χ0v) is 17.0. The zero-order valence-electron chi connectivity index (χ0n) is 15.5. The van der Waals surface area contributed by atoms with Crippen molar-refractivity contribution in [2.75, 3.05) is 26.2 Å². The Morgan fingerprint density at radius 3 is 2.43 bits per heavy atom. The molecule has 146 valence electrons. The summed E-state index contributed by atoms with van der Waals surface area (Å²) in [5, 5.41) is 6.53. The lowest BCUT2D eigenvalue weighted by molar-refractivity contribution is -0.133. The van der Waals surface area contributed by atoms with E-state index in [-0.39, 0.29) is 5.91 Å². The number of aryl methyl sites for hydroxylation is 1.